The molecule has 1 atom stereocenters. The number of hydrogen-bond acceptors (Lipinski definition) is 4. The highest BCUT2D eigenvalue weighted by Crippen LogP contribution is 2.32. The van der Waals surface area contributed by atoms with Crippen LogP contribution in [0.2, 0.25) is 0 Å². The summed E-state index contributed by atoms with van der Waals surface area (Å²) in [5.74, 6) is 0.206. The van der Waals surface area contributed by atoms with Crippen molar-refractivity contribution < 1.29 is 9.90 Å². The lowest BCUT2D eigenvalue weighted by Crippen LogP contribution is -2.24. The predicted octanol–water partition coefficient (Wildman–Crippen LogP) is 2.47. The van der Waals surface area contributed by atoms with E-state index in [-0.39, 0.29) is 12.5 Å². The van der Waals surface area contributed by atoms with Crippen molar-refractivity contribution in [2.24, 2.45) is 0 Å². The van der Waals surface area contributed by atoms with Gasteiger partial charge in [0, 0.05) is 24.5 Å². The third-order valence-electron chi connectivity index (χ3n) is 4.27. The number of H-pyrrole nitrogens is 1. The lowest BCUT2D eigenvalue weighted by atomic mass is 10.0. The Morgan fingerprint density at radius 1 is 1.48 bits per heavy atom. The van der Waals surface area contributed by atoms with E-state index < -0.39 is 5.97 Å². The van der Waals surface area contributed by atoms with Crippen molar-refractivity contribution in [3.63, 3.8) is 0 Å². The number of hydrogen-bond donors (Lipinski definition) is 2. The van der Waals surface area contributed by atoms with E-state index in [0.29, 0.717) is 6.42 Å². The number of aromatic amines is 1. The lowest BCUT2D eigenvalue weighted by molar-refractivity contribution is -0.136. The summed E-state index contributed by atoms with van der Waals surface area (Å²) in [6, 6.07) is 4.34. The van der Waals surface area contributed by atoms with Gasteiger partial charge in [0.05, 0.1) is 18.3 Å². The van der Waals surface area contributed by atoms with Gasteiger partial charge in [-0.1, -0.05) is 0 Å². The molecule has 2 N–H and O–H groups in total. The maximum atomic E-state index is 10.8. The van der Waals surface area contributed by atoms with Gasteiger partial charge in [-0.25, -0.2) is 4.98 Å². The standard InChI is InChI=1S/C17H22N4O2/c1-12-9-13(4-5-17(22)23)10-14(20-12)15-3-2-8-21(15)11-16-18-6-7-19-16/h6-7,9-10,15H,2-5,8,11H2,1H3,(H,18,19)(H,22,23). The van der Waals surface area contributed by atoms with Gasteiger partial charge >= 0.3 is 5.97 Å². The Hall–Kier alpha value is -2.21. The molecule has 0 saturated carbocycles. The molecule has 1 saturated heterocycles. The molecule has 1 aliphatic rings. The zero-order valence-electron chi connectivity index (χ0n) is 13.3. The number of imidazole rings is 1. The average Bonchev–Trinajstić information content (AvgIpc) is 3.17. The molecule has 1 fully saturated rings. The van der Waals surface area contributed by atoms with Gasteiger partial charge in [-0.15, -0.1) is 0 Å². The number of carboxylic acid groups (broad SMARTS) is 1. The molecule has 0 radical (unpaired) electrons. The number of pyridine rings is 1. The van der Waals surface area contributed by atoms with Crippen molar-refractivity contribution in [2.45, 2.75) is 45.2 Å². The molecule has 0 aliphatic carbocycles. The zero-order chi connectivity index (χ0) is 16.2. The second kappa shape index (κ2) is 6.91. The number of carbonyl (C=O) groups is 1. The fourth-order valence-corrected chi connectivity index (χ4v) is 3.26. The van der Waals surface area contributed by atoms with Gasteiger partial charge in [-0.3, -0.25) is 14.7 Å². The lowest BCUT2D eigenvalue weighted by Gasteiger charge is -2.23. The van der Waals surface area contributed by atoms with Crippen LogP contribution in [0.3, 0.4) is 0 Å². The summed E-state index contributed by atoms with van der Waals surface area (Å²) in [5, 5.41) is 8.88. The van der Waals surface area contributed by atoms with Crippen LogP contribution in [0.5, 0.6) is 0 Å². The Morgan fingerprint density at radius 3 is 3.09 bits per heavy atom. The number of carboxylic acids is 1. The number of aryl methyl sites for hydroxylation is 2. The molecule has 3 rings (SSSR count). The van der Waals surface area contributed by atoms with Crippen molar-refractivity contribution in [3.8, 4) is 0 Å². The molecule has 0 aromatic carbocycles. The summed E-state index contributed by atoms with van der Waals surface area (Å²) < 4.78 is 0. The number of nitrogens with one attached hydrogen (secondary N) is 1. The van der Waals surface area contributed by atoms with Crippen LogP contribution in [0.1, 0.15) is 48.1 Å². The minimum atomic E-state index is -0.763. The Morgan fingerprint density at radius 2 is 2.35 bits per heavy atom. The summed E-state index contributed by atoms with van der Waals surface area (Å²) >= 11 is 0. The van der Waals surface area contributed by atoms with Crippen LogP contribution >= 0.6 is 0 Å². The van der Waals surface area contributed by atoms with Gasteiger partial charge in [0.2, 0.25) is 0 Å². The maximum absolute atomic E-state index is 10.8. The fourth-order valence-electron chi connectivity index (χ4n) is 3.26. The number of aliphatic carboxylic acids is 1. The number of nitrogens with zero attached hydrogens (tertiary/aromatic N) is 3. The van der Waals surface area contributed by atoms with E-state index in [4.69, 9.17) is 10.1 Å². The predicted molar refractivity (Wildman–Crippen MR) is 85.9 cm³/mol. The quantitative estimate of drug-likeness (QED) is 0.856. The monoisotopic (exact) mass is 314 g/mol. The van der Waals surface area contributed by atoms with Crippen LogP contribution in [-0.2, 0) is 17.8 Å². The number of likely N-dealkylation sites (tertiary alicyclic amines) is 1. The molecule has 2 aromatic heterocycles. The number of aromatic nitrogens is 3. The van der Waals surface area contributed by atoms with Gasteiger partial charge in [0.1, 0.15) is 5.82 Å². The van der Waals surface area contributed by atoms with E-state index in [2.05, 4.69) is 20.9 Å². The Kier molecular flexibility index (Phi) is 4.71. The van der Waals surface area contributed by atoms with E-state index in [0.717, 1.165) is 48.7 Å². The van der Waals surface area contributed by atoms with Crippen LogP contribution in [0.15, 0.2) is 24.5 Å². The van der Waals surface area contributed by atoms with Gasteiger partial charge in [-0.05, 0) is 50.4 Å². The molecule has 3 heterocycles. The average molecular weight is 314 g/mol. The Balaban J connectivity index is 1.77. The molecule has 122 valence electrons. The zero-order valence-corrected chi connectivity index (χ0v) is 13.3. The first-order valence-electron chi connectivity index (χ1n) is 8.03. The minimum absolute atomic E-state index is 0.156. The van der Waals surface area contributed by atoms with Crippen molar-refractivity contribution in [3.05, 3.63) is 47.3 Å². The van der Waals surface area contributed by atoms with E-state index in [9.17, 15) is 4.79 Å². The van der Waals surface area contributed by atoms with Crippen LogP contribution in [-0.4, -0.2) is 37.5 Å². The molecule has 0 amide bonds. The summed E-state index contributed by atoms with van der Waals surface area (Å²) in [6.45, 7) is 3.79. The van der Waals surface area contributed by atoms with Crippen molar-refractivity contribution in [1.29, 1.82) is 0 Å². The van der Waals surface area contributed by atoms with Crippen LogP contribution < -0.4 is 0 Å². The first-order chi connectivity index (χ1) is 11.1. The Labute approximate surface area is 135 Å². The molecular formula is C17H22N4O2. The fraction of sp³-hybridized carbons (Fsp3) is 0.471. The van der Waals surface area contributed by atoms with E-state index in [1.807, 2.05) is 19.2 Å². The first-order valence-corrected chi connectivity index (χ1v) is 8.03. The van der Waals surface area contributed by atoms with E-state index >= 15 is 0 Å². The molecule has 6 heteroatoms. The second-order valence-electron chi connectivity index (χ2n) is 6.10. The first kappa shape index (κ1) is 15.7. The van der Waals surface area contributed by atoms with Gasteiger partial charge in [-0.2, -0.15) is 0 Å². The SMILES string of the molecule is Cc1cc(CCC(=O)O)cc(C2CCCN2Cc2ncc[nH]2)n1. The van der Waals surface area contributed by atoms with E-state index in [1.54, 1.807) is 6.20 Å². The second-order valence-corrected chi connectivity index (χ2v) is 6.10. The third-order valence-corrected chi connectivity index (χ3v) is 4.27. The highest BCUT2D eigenvalue weighted by Gasteiger charge is 2.28. The molecule has 0 spiro atoms. The van der Waals surface area contributed by atoms with Crippen LogP contribution in [0.25, 0.3) is 0 Å². The highest BCUT2D eigenvalue weighted by molar-refractivity contribution is 5.67. The van der Waals surface area contributed by atoms with Crippen molar-refractivity contribution in [1.82, 2.24) is 19.9 Å². The van der Waals surface area contributed by atoms with Crippen molar-refractivity contribution in [2.75, 3.05) is 6.54 Å². The van der Waals surface area contributed by atoms with Gasteiger partial charge < -0.3 is 10.1 Å². The topological polar surface area (TPSA) is 82.1 Å². The van der Waals surface area contributed by atoms with Crippen molar-refractivity contribution >= 4 is 5.97 Å². The van der Waals surface area contributed by atoms with Crippen LogP contribution in [0, 0.1) is 6.92 Å². The summed E-state index contributed by atoms with van der Waals surface area (Å²) in [7, 11) is 0. The maximum Gasteiger partial charge on any atom is 0.303 e. The molecule has 1 aliphatic heterocycles. The van der Waals surface area contributed by atoms with E-state index in [1.165, 1.54) is 0 Å². The Bertz CT molecular complexity index is 669. The van der Waals surface area contributed by atoms with Gasteiger partial charge in [0.15, 0.2) is 0 Å². The molecule has 0 bridgehead atoms. The number of rotatable bonds is 6. The molecule has 1 unspecified atom stereocenters. The third kappa shape index (κ3) is 3.96. The smallest absolute Gasteiger partial charge is 0.303 e. The largest absolute Gasteiger partial charge is 0.481 e. The van der Waals surface area contributed by atoms with Gasteiger partial charge in [0.25, 0.3) is 0 Å². The molecular weight excluding hydrogens is 292 g/mol. The normalized spacial score (nSPS) is 18.4. The highest BCUT2D eigenvalue weighted by atomic mass is 16.4. The minimum Gasteiger partial charge on any atom is -0.481 e. The molecule has 6 nitrogen and oxygen atoms in total. The summed E-state index contributed by atoms with van der Waals surface area (Å²) in [4.78, 5) is 25.3. The summed E-state index contributed by atoms with van der Waals surface area (Å²) in [5.41, 5.74) is 3.06. The van der Waals surface area contributed by atoms with Crippen LogP contribution in [0.4, 0.5) is 0 Å². The molecule has 23 heavy (non-hydrogen) atoms. The summed E-state index contributed by atoms with van der Waals surface area (Å²) in [6.07, 6.45) is 6.55. The molecule has 2 aromatic rings.